The second-order valence-electron chi connectivity index (χ2n) is 10.9. The topological polar surface area (TPSA) is 128 Å². The van der Waals surface area contributed by atoms with E-state index in [2.05, 4.69) is 15.2 Å². The predicted octanol–water partition coefficient (Wildman–Crippen LogP) is 3.13. The van der Waals surface area contributed by atoms with Gasteiger partial charge in [-0.1, -0.05) is 17.7 Å². The molecule has 3 aliphatic heterocycles. The highest BCUT2D eigenvalue weighted by molar-refractivity contribution is 7.11. The number of fused-ring (bicyclic) bond motifs is 1. The van der Waals surface area contributed by atoms with Crippen molar-refractivity contribution < 1.29 is 28.6 Å². The molecule has 1 aromatic carbocycles. The van der Waals surface area contributed by atoms with Crippen LogP contribution in [0.4, 0.5) is 9.18 Å². The van der Waals surface area contributed by atoms with Crippen molar-refractivity contribution in [2.45, 2.75) is 37.4 Å². The van der Waals surface area contributed by atoms with Gasteiger partial charge in [-0.15, -0.1) is 11.3 Å². The number of carboxylic acid groups (broad SMARTS) is 1. The highest BCUT2D eigenvalue weighted by Crippen LogP contribution is 2.38. The molecule has 0 spiro atoms. The number of esters is 1. The zero-order valence-corrected chi connectivity index (χ0v) is 24.4. The molecule has 1 aromatic heterocycles. The van der Waals surface area contributed by atoms with E-state index < -0.39 is 29.7 Å². The van der Waals surface area contributed by atoms with E-state index in [1.807, 2.05) is 15.2 Å². The Balaban J connectivity index is 1.26. The Morgan fingerprint density at radius 2 is 2.05 bits per heavy atom. The van der Waals surface area contributed by atoms with Crippen LogP contribution in [0.25, 0.3) is 0 Å². The first-order valence-electron chi connectivity index (χ1n) is 13.8. The zero-order chi connectivity index (χ0) is 29.5. The number of halogens is 2. The van der Waals surface area contributed by atoms with Gasteiger partial charge in [0.25, 0.3) is 0 Å². The quantitative estimate of drug-likeness (QED) is 0.454. The lowest BCUT2D eigenvalue weighted by Crippen LogP contribution is -2.53. The van der Waals surface area contributed by atoms with Crippen LogP contribution in [-0.4, -0.2) is 101 Å². The number of hydrogen-bond donors (Lipinski definition) is 2. The summed E-state index contributed by atoms with van der Waals surface area (Å²) < 4.78 is 19.1. The normalized spacial score (nSPS) is 26.3. The van der Waals surface area contributed by atoms with E-state index in [1.165, 1.54) is 36.6 Å². The average Bonchev–Trinajstić information content (AvgIpc) is 3.73. The minimum absolute atomic E-state index is 0.0369. The summed E-state index contributed by atoms with van der Waals surface area (Å²) in [6, 6.07) is 2.98. The summed E-state index contributed by atoms with van der Waals surface area (Å²) >= 11 is 7.84. The third kappa shape index (κ3) is 5.36. The zero-order valence-electron chi connectivity index (χ0n) is 22.8. The van der Waals surface area contributed by atoms with Gasteiger partial charge in [-0.3, -0.25) is 14.7 Å². The summed E-state index contributed by atoms with van der Waals surface area (Å²) in [5.41, 5.74) is 1.30. The van der Waals surface area contributed by atoms with Crippen molar-refractivity contribution in [3.63, 3.8) is 0 Å². The molecule has 1 aliphatic carbocycles. The molecule has 2 saturated heterocycles. The van der Waals surface area contributed by atoms with Crippen molar-refractivity contribution in [1.29, 1.82) is 0 Å². The Labute approximate surface area is 250 Å². The average molecular weight is 617 g/mol. The maximum atomic E-state index is 13.9. The number of nitrogens with one attached hydrogen (secondary N) is 1. The Bertz CT molecular complexity index is 1470. The Hall–Kier alpha value is -3.55. The number of carboxylic acids is 1. The highest BCUT2D eigenvalue weighted by atomic mass is 35.5. The van der Waals surface area contributed by atoms with E-state index in [1.54, 1.807) is 6.20 Å². The third-order valence-electron chi connectivity index (χ3n) is 8.47. The lowest BCUT2D eigenvalue weighted by molar-refractivity contribution is -0.141. The summed E-state index contributed by atoms with van der Waals surface area (Å²) in [6.45, 7) is 2.53. The van der Waals surface area contributed by atoms with Crippen molar-refractivity contribution in [2.75, 3.05) is 39.8 Å². The summed E-state index contributed by atoms with van der Waals surface area (Å²) in [6.07, 6.45) is 3.42. The summed E-state index contributed by atoms with van der Waals surface area (Å²) in [7, 11) is 1.30. The smallest absolute Gasteiger partial charge is 0.338 e. The largest absolute Gasteiger partial charge is 0.481 e. The van der Waals surface area contributed by atoms with Gasteiger partial charge >= 0.3 is 18.0 Å². The molecule has 2 N–H and O–H groups in total. The van der Waals surface area contributed by atoms with Crippen LogP contribution in [0.15, 0.2) is 46.0 Å². The number of nitrogens with zero attached hydrogens (tertiary/aromatic N) is 5. The van der Waals surface area contributed by atoms with Gasteiger partial charge in [-0.2, -0.15) is 0 Å². The van der Waals surface area contributed by atoms with Gasteiger partial charge in [0.1, 0.15) is 11.9 Å². The molecule has 6 rings (SSSR count). The molecule has 4 unspecified atom stereocenters. The number of amidine groups is 1. The standard InChI is InChI=1S/C28H30ClFN6O5S/c1-41-27(39)22-21(32-24(25-31-6-9-42-25)33-23(22)19-5-3-16(30)11-20(19)29)14-34-7-8-35-18(12-34)13-36(28(35)40)17-4-2-15(10-17)26(37)38/h3,5-6,9,11,15,17-18,23H,2,4,7-8,10,12-14H2,1H3,(H,32,33)(H,37,38). The molecule has 1 saturated carbocycles. The predicted molar refractivity (Wildman–Crippen MR) is 153 cm³/mol. The van der Waals surface area contributed by atoms with Crippen molar-refractivity contribution in [2.24, 2.45) is 10.9 Å². The number of rotatable bonds is 7. The molecule has 2 amide bonds. The number of aromatic nitrogens is 1. The van der Waals surface area contributed by atoms with Crippen LogP contribution in [0.2, 0.25) is 5.02 Å². The van der Waals surface area contributed by atoms with E-state index in [0.29, 0.717) is 74.1 Å². The molecular weight excluding hydrogens is 587 g/mol. The second kappa shape index (κ2) is 11.6. The molecule has 14 heteroatoms. The molecule has 0 radical (unpaired) electrons. The Kier molecular flexibility index (Phi) is 7.90. The fraction of sp³-hybridized carbons (Fsp3) is 0.464. The van der Waals surface area contributed by atoms with Gasteiger partial charge < -0.3 is 25.0 Å². The highest BCUT2D eigenvalue weighted by Gasteiger charge is 2.46. The monoisotopic (exact) mass is 616 g/mol. The molecule has 0 bridgehead atoms. The van der Waals surface area contributed by atoms with Crippen LogP contribution < -0.4 is 5.32 Å². The Morgan fingerprint density at radius 3 is 2.74 bits per heavy atom. The number of methoxy groups -OCH3 is 1. The molecule has 222 valence electrons. The van der Waals surface area contributed by atoms with Gasteiger partial charge in [0.05, 0.1) is 24.6 Å². The molecule has 4 aliphatic rings. The fourth-order valence-electron chi connectivity index (χ4n) is 6.40. The van der Waals surface area contributed by atoms with E-state index >= 15 is 0 Å². The van der Waals surface area contributed by atoms with E-state index in [0.717, 1.165) is 0 Å². The maximum Gasteiger partial charge on any atom is 0.338 e. The van der Waals surface area contributed by atoms with Crippen molar-refractivity contribution in [3.05, 3.63) is 62.5 Å². The number of carbonyl (C=O) groups is 3. The maximum absolute atomic E-state index is 13.9. The number of urea groups is 1. The SMILES string of the molecule is COC(=O)C1=C(CN2CCN3C(=O)N(C4CCC(C(=O)O)C4)CC3C2)NC(c2nccs2)=NC1c1ccc(F)cc1Cl. The van der Waals surface area contributed by atoms with Gasteiger partial charge in [0, 0.05) is 66.6 Å². The molecule has 3 fully saturated rings. The van der Waals surface area contributed by atoms with Gasteiger partial charge in [-0.25, -0.2) is 19.0 Å². The first-order chi connectivity index (χ1) is 20.2. The van der Waals surface area contributed by atoms with Crippen LogP contribution in [0.3, 0.4) is 0 Å². The molecule has 11 nitrogen and oxygen atoms in total. The number of carbonyl (C=O) groups excluding carboxylic acids is 2. The first kappa shape index (κ1) is 28.6. The fourth-order valence-corrected chi connectivity index (χ4v) is 7.26. The van der Waals surface area contributed by atoms with Gasteiger partial charge in [0.2, 0.25) is 0 Å². The van der Waals surface area contributed by atoms with E-state index in [4.69, 9.17) is 21.3 Å². The molecule has 2 aromatic rings. The minimum atomic E-state index is -0.852. The molecular formula is C28H30ClFN6O5S. The lowest BCUT2D eigenvalue weighted by Gasteiger charge is -2.38. The number of benzene rings is 1. The number of piperazine rings is 1. The van der Waals surface area contributed by atoms with E-state index in [-0.39, 0.29) is 28.7 Å². The summed E-state index contributed by atoms with van der Waals surface area (Å²) in [4.78, 5) is 53.0. The van der Waals surface area contributed by atoms with Crippen LogP contribution >= 0.6 is 22.9 Å². The minimum Gasteiger partial charge on any atom is -0.481 e. The van der Waals surface area contributed by atoms with Crippen molar-refractivity contribution in [1.82, 2.24) is 25.0 Å². The van der Waals surface area contributed by atoms with Crippen molar-refractivity contribution in [3.8, 4) is 0 Å². The lowest BCUT2D eigenvalue weighted by atomic mass is 9.95. The van der Waals surface area contributed by atoms with Crippen LogP contribution in [0.1, 0.15) is 35.9 Å². The molecule has 4 atom stereocenters. The van der Waals surface area contributed by atoms with E-state index in [9.17, 15) is 23.9 Å². The summed E-state index contributed by atoms with van der Waals surface area (Å²) in [5.74, 6) is -1.83. The van der Waals surface area contributed by atoms with Gasteiger partial charge in [0.15, 0.2) is 10.8 Å². The van der Waals surface area contributed by atoms with Crippen LogP contribution in [0.5, 0.6) is 0 Å². The number of hydrogen-bond acceptors (Lipinski definition) is 9. The third-order valence-corrected chi connectivity index (χ3v) is 9.57. The van der Waals surface area contributed by atoms with Gasteiger partial charge in [-0.05, 0) is 31.4 Å². The Morgan fingerprint density at radius 1 is 1.21 bits per heavy atom. The van der Waals surface area contributed by atoms with Crippen LogP contribution in [-0.2, 0) is 14.3 Å². The number of amides is 2. The number of aliphatic carboxylic acids is 1. The number of thiazole rings is 1. The van der Waals surface area contributed by atoms with Crippen molar-refractivity contribution >= 4 is 46.7 Å². The second-order valence-corrected chi connectivity index (χ2v) is 12.2. The number of aliphatic imine (C=N–C) groups is 1. The van der Waals surface area contributed by atoms with Crippen LogP contribution in [0, 0.1) is 11.7 Å². The molecule has 42 heavy (non-hydrogen) atoms. The first-order valence-corrected chi connectivity index (χ1v) is 15.0. The molecule has 4 heterocycles. The summed E-state index contributed by atoms with van der Waals surface area (Å²) in [5, 5.41) is 15.3. The number of ether oxygens (including phenoxy) is 1.